The topological polar surface area (TPSA) is 55.4 Å². The highest BCUT2D eigenvalue weighted by atomic mass is 28.4. The summed E-state index contributed by atoms with van der Waals surface area (Å²) < 4.78 is 34.6. The van der Waals surface area contributed by atoms with Crippen LogP contribution < -0.4 is 20.7 Å². The van der Waals surface area contributed by atoms with Crippen LogP contribution >= 0.6 is 0 Å². The minimum absolute atomic E-state index is 0.0479. The van der Waals surface area contributed by atoms with Gasteiger partial charge in [0.15, 0.2) is 0 Å². The summed E-state index contributed by atoms with van der Waals surface area (Å²) in [7, 11) is 0.584. The van der Waals surface area contributed by atoms with Crippen LogP contribution in [0.15, 0.2) is 182 Å². The van der Waals surface area contributed by atoms with E-state index in [4.69, 9.17) is 26.6 Å². The molecule has 0 unspecified atom stereocenters. The minimum atomic E-state index is -2.94. The third-order valence-corrected chi connectivity index (χ3v) is 27.8. The number of aryl methyl sites for hydroxylation is 2. The van der Waals surface area contributed by atoms with Gasteiger partial charge in [-0.1, -0.05) is 290 Å². The Morgan fingerprint density at radius 3 is 0.777 bits per heavy atom. The maximum atomic E-state index is 5.79. The van der Waals surface area contributed by atoms with Gasteiger partial charge in [0.1, 0.15) is 0 Å². The molecular weight excluding hydrogens is 1220 g/mol. The highest BCUT2D eigenvalue weighted by molar-refractivity contribution is 6.93. The van der Waals surface area contributed by atoms with Crippen LogP contribution in [-0.2, 0) is 48.2 Å². The molecule has 0 aliphatic carbocycles. The van der Waals surface area contributed by atoms with Gasteiger partial charge in [-0.25, -0.2) is 0 Å². The monoisotopic (exact) mass is 1320 g/mol. The molecule has 0 spiro atoms. The Hall–Kier alpha value is -6.39. The van der Waals surface area contributed by atoms with Crippen LogP contribution in [0.1, 0.15) is 116 Å². The fourth-order valence-corrected chi connectivity index (χ4v) is 20.4. The Kier molecular flexibility index (Phi) is 22.1. The van der Waals surface area contributed by atoms with Gasteiger partial charge in [0, 0.05) is 53.0 Å². The highest BCUT2D eigenvalue weighted by Crippen LogP contribution is 2.47. The quantitative estimate of drug-likeness (QED) is 0.0847. The zero-order chi connectivity index (χ0) is 69.3. The standard InChI is InChI=1S/C43H58O3Si.C41H50O3Si3/c1-40(2,3)34-25-31(26-35(41(4,5)6)38(34)29-19-17-16-18-20-29)32-27-36(42(7,8)9)39(37(28-32)43(10,11)12)30-21-23-33(24-22-30)47(44-13,45-14)46-15;1-29-25-35(31-15-13-12-14-16-31)26-30(2)40(29)33-17-19-34(20-18-33)41-38(45(6,7)8)27-36(28-39(41)46(9,10)11)32-21-23-37(24-22-32)47(42-3,43-4)44-5/h16-28H,1-15H3;12-28H,1-11H3. The normalized spacial score (nSPS) is 12.8. The molecule has 0 fully saturated rings. The van der Waals surface area contributed by atoms with E-state index in [0.717, 1.165) is 10.4 Å². The van der Waals surface area contributed by atoms with Crippen LogP contribution in [0.25, 0.3) is 77.9 Å². The van der Waals surface area contributed by atoms with Crippen molar-refractivity contribution >= 4 is 54.5 Å². The van der Waals surface area contributed by atoms with Crippen molar-refractivity contribution in [1.29, 1.82) is 0 Å². The van der Waals surface area contributed by atoms with Crippen LogP contribution in [0.4, 0.5) is 0 Å². The Morgan fingerprint density at radius 1 is 0.245 bits per heavy atom. The predicted octanol–water partition coefficient (Wildman–Crippen LogP) is 20.1. The molecule has 0 bridgehead atoms. The zero-order valence-corrected chi connectivity index (χ0v) is 65.8. The molecule has 0 N–H and O–H groups in total. The molecule has 9 rings (SSSR count). The Balaban J connectivity index is 0.000000241. The highest BCUT2D eigenvalue weighted by Gasteiger charge is 2.42. The van der Waals surface area contributed by atoms with Crippen LogP contribution in [0.2, 0.25) is 39.3 Å². The van der Waals surface area contributed by atoms with Crippen molar-refractivity contribution in [2.45, 2.75) is 158 Å². The van der Waals surface area contributed by atoms with Crippen LogP contribution in [0, 0.1) is 13.8 Å². The third-order valence-electron chi connectivity index (χ3n) is 18.5. The Labute approximate surface area is 571 Å². The summed E-state index contributed by atoms with van der Waals surface area (Å²) in [6.45, 7) is 47.3. The molecular formula is C84H108O6Si4. The van der Waals surface area contributed by atoms with E-state index in [-0.39, 0.29) is 21.7 Å². The van der Waals surface area contributed by atoms with Crippen molar-refractivity contribution in [3.63, 3.8) is 0 Å². The van der Waals surface area contributed by atoms with Crippen molar-refractivity contribution in [1.82, 2.24) is 0 Å². The second-order valence-electron chi connectivity index (χ2n) is 31.6. The summed E-state index contributed by atoms with van der Waals surface area (Å²) >= 11 is 0. The lowest BCUT2D eigenvalue weighted by molar-refractivity contribution is 0.140. The van der Waals surface area contributed by atoms with Crippen molar-refractivity contribution in [3.8, 4) is 77.9 Å². The first-order chi connectivity index (χ1) is 43.9. The largest absolute Gasteiger partial charge is 0.536 e. The molecule has 0 amide bonds. The fraction of sp³-hybridized carbons (Fsp3) is 0.357. The van der Waals surface area contributed by atoms with Gasteiger partial charge in [0.05, 0.1) is 16.1 Å². The first-order valence-corrected chi connectivity index (χ1v) is 43.8. The van der Waals surface area contributed by atoms with Gasteiger partial charge in [0.25, 0.3) is 0 Å². The molecule has 0 aliphatic heterocycles. The molecule has 0 heterocycles. The van der Waals surface area contributed by atoms with Gasteiger partial charge in [-0.3, -0.25) is 0 Å². The van der Waals surface area contributed by atoms with Crippen LogP contribution in [-0.4, -0.2) is 76.4 Å². The number of rotatable bonds is 17. The van der Waals surface area contributed by atoms with E-state index in [1.54, 1.807) is 42.7 Å². The molecule has 10 heteroatoms. The van der Waals surface area contributed by atoms with Crippen LogP contribution in [0.5, 0.6) is 0 Å². The average Bonchev–Trinajstić information content (AvgIpc) is 0.750. The summed E-state index contributed by atoms with van der Waals surface area (Å²) in [4.78, 5) is 0. The first kappa shape index (κ1) is 73.4. The molecule has 6 nitrogen and oxygen atoms in total. The Bertz CT molecular complexity index is 3920. The lowest BCUT2D eigenvalue weighted by Gasteiger charge is -2.33. The van der Waals surface area contributed by atoms with E-state index in [9.17, 15) is 0 Å². The number of hydrogen-bond donors (Lipinski definition) is 0. The molecule has 0 aliphatic rings. The smallest absolute Gasteiger partial charge is 0.373 e. The maximum Gasteiger partial charge on any atom is 0.536 e. The number of benzene rings is 9. The van der Waals surface area contributed by atoms with Crippen molar-refractivity contribution < 1.29 is 26.6 Å². The summed E-state index contributed by atoms with van der Waals surface area (Å²) in [5.41, 5.74) is 25.8. The van der Waals surface area contributed by atoms with Gasteiger partial charge in [-0.05, 0) is 171 Å². The molecule has 0 saturated heterocycles. The summed E-state index contributed by atoms with van der Waals surface area (Å²) in [5, 5.41) is 4.93. The van der Waals surface area contributed by atoms with E-state index in [0.29, 0.717) is 0 Å². The molecule has 0 atom stereocenters. The summed E-state index contributed by atoms with van der Waals surface area (Å²) in [6.07, 6.45) is 0. The third kappa shape index (κ3) is 15.7. The minimum Gasteiger partial charge on any atom is -0.373 e. The lowest BCUT2D eigenvalue weighted by atomic mass is 9.71. The van der Waals surface area contributed by atoms with Crippen molar-refractivity contribution in [2.24, 2.45) is 0 Å². The van der Waals surface area contributed by atoms with Gasteiger partial charge in [0.2, 0.25) is 0 Å². The molecule has 94 heavy (non-hydrogen) atoms. The second kappa shape index (κ2) is 28.4. The maximum absolute atomic E-state index is 5.79. The van der Waals surface area contributed by atoms with E-state index < -0.39 is 33.8 Å². The van der Waals surface area contributed by atoms with Crippen LogP contribution in [0.3, 0.4) is 0 Å². The molecule has 0 aromatic heterocycles. The molecule has 496 valence electrons. The van der Waals surface area contributed by atoms with Crippen molar-refractivity contribution in [2.75, 3.05) is 42.7 Å². The first-order valence-electron chi connectivity index (χ1n) is 33.3. The van der Waals surface area contributed by atoms with Crippen molar-refractivity contribution in [3.05, 3.63) is 215 Å². The number of hydrogen-bond acceptors (Lipinski definition) is 6. The zero-order valence-electron chi connectivity index (χ0n) is 61.8. The van der Waals surface area contributed by atoms with Gasteiger partial charge in [-0.2, -0.15) is 0 Å². The molecule has 9 aromatic carbocycles. The molecule has 0 saturated carbocycles. The Morgan fingerprint density at radius 2 is 0.479 bits per heavy atom. The lowest BCUT2D eigenvalue weighted by Crippen LogP contribution is -2.54. The van der Waals surface area contributed by atoms with E-state index in [1.165, 1.54) is 122 Å². The molecule has 0 radical (unpaired) electrons. The van der Waals surface area contributed by atoms with E-state index in [2.05, 4.69) is 318 Å². The molecule has 9 aromatic rings. The SMILES string of the molecule is CO[Si](OC)(OC)c1ccc(-c2c(C(C)(C)C)cc(-c3cc(C(C)(C)C)c(-c4ccccc4)c(C(C)(C)C)c3)cc2C(C)(C)C)cc1.CO[Si](OC)(OC)c1ccc(-c2cc([Si](C)(C)C)c(-c3ccc(-c4c(C)cc(-c5ccccc5)cc4C)cc3)c([Si](C)(C)C)c2)cc1. The predicted molar refractivity (Wildman–Crippen MR) is 414 cm³/mol. The average molecular weight is 1330 g/mol. The fourth-order valence-electron chi connectivity index (χ4n) is 13.4. The second-order valence-corrected chi connectivity index (χ2v) is 47.5. The summed E-state index contributed by atoms with van der Waals surface area (Å²) in [5.74, 6) is 0. The van der Waals surface area contributed by atoms with E-state index >= 15 is 0 Å². The van der Waals surface area contributed by atoms with E-state index in [1.807, 2.05) is 0 Å². The van der Waals surface area contributed by atoms with Gasteiger partial charge >= 0.3 is 17.6 Å². The van der Waals surface area contributed by atoms with Gasteiger partial charge in [-0.15, -0.1) is 0 Å². The summed E-state index contributed by atoms with van der Waals surface area (Å²) in [6, 6.07) is 67.6. The van der Waals surface area contributed by atoms with Gasteiger partial charge < -0.3 is 26.6 Å².